The summed E-state index contributed by atoms with van der Waals surface area (Å²) >= 11 is 3.39. The van der Waals surface area contributed by atoms with Crippen molar-refractivity contribution in [1.29, 1.82) is 0 Å². The predicted molar refractivity (Wildman–Crippen MR) is 68.1 cm³/mol. The summed E-state index contributed by atoms with van der Waals surface area (Å²) < 4.78 is 0.985. The minimum Gasteiger partial charge on any atom is -0.392 e. The van der Waals surface area contributed by atoms with Crippen molar-refractivity contribution in [2.24, 2.45) is 0 Å². The summed E-state index contributed by atoms with van der Waals surface area (Å²) in [6.45, 7) is 6.73. The molecule has 15 heavy (non-hydrogen) atoms. The van der Waals surface area contributed by atoms with Gasteiger partial charge >= 0.3 is 0 Å². The van der Waals surface area contributed by atoms with Gasteiger partial charge < -0.3 is 10.0 Å². The van der Waals surface area contributed by atoms with Crippen LogP contribution < -0.4 is 4.90 Å². The third-order valence-electron chi connectivity index (χ3n) is 2.13. The molecule has 0 aliphatic rings. The molecule has 1 aromatic rings. The number of benzene rings is 1. The van der Waals surface area contributed by atoms with E-state index in [1.807, 2.05) is 32.2 Å². The van der Waals surface area contributed by atoms with Crippen LogP contribution in [-0.4, -0.2) is 18.7 Å². The SMILES string of the molecule is C=C(C)CN(C)c1ccc(Br)cc1CO. The molecule has 0 unspecified atom stereocenters. The quantitative estimate of drug-likeness (QED) is 0.850. The Morgan fingerprint density at radius 3 is 2.73 bits per heavy atom. The Morgan fingerprint density at radius 1 is 1.53 bits per heavy atom. The Labute approximate surface area is 99.4 Å². The molecule has 1 rings (SSSR count). The first kappa shape index (κ1) is 12.3. The predicted octanol–water partition coefficient (Wildman–Crippen LogP) is 2.95. The normalized spacial score (nSPS) is 10.1. The van der Waals surface area contributed by atoms with Gasteiger partial charge in [0.05, 0.1) is 6.61 Å². The standard InChI is InChI=1S/C12H16BrNO/c1-9(2)7-14(3)12-5-4-11(13)6-10(12)8-15/h4-6,15H,1,7-8H2,2-3H3. The molecular formula is C12H16BrNO. The first-order chi connectivity index (χ1) is 7.04. The highest BCUT2D eigenvalue weighted by molar-refractivity contribution is 9.10. The zero-order valence-corrected chi connectivity index (χ0v) is 10.7. The van der Waals surface area contributed by atoms with Crippen molar-refractivity contribution < 1.29 is 5.11 Å². The van der Waals surface area contributed by atoms with Crippen LogP contribution in [0.3, 0.4) is 0 Å². The molecule has 1 aromatic carbocycles. The van der Waals surface area contributed by atoms with Crippen LogP contribution in [0.15, 0.2) is 34.8 Å². The van der Waals surface area contributed by atoms with Crippen LogP contribution >= 0.6 is 15.9 Å². The van der Waals surface area contributed by atoms with Gasteiger partial charge in [-0.05, 0) is 25.1 Å². The van der Waals surface area contributed by atoms with Gasteiger partial charge in [0.1, 0.15) is 0 Å². The second-order valence-electron chi connectivity index (χ2n) is 3.74. The molecule has 82 valence electrons. The lowest BCUT2D eigenvalue weighted by molar-refractivity contribution is 0.282. The van der Waals surface area contributed by atoms with Gasteiger partial charge in [0.2, 0.25) is 0 Å². The molecule has 0 fully saturated rings. The maximum Gasteiger partial charge on any atom is 0.0702 e. The molecule has 0 heterocycles. The lowest BCUT2D eigenvalue weighted by Gasteiger charge is -2.22. The summed E-state index contributed by atoms with van der Waals surface area (Å²) in [5, 5.41) is 9.26. The molecule has 0 amide bonds. The number of hydrogen-bond acceptors (Lipinski definition) is 2. The fourth-order valence-corrected chi connectivity index (χ4v) is 1.95. The maximum atomic E-state index is 9.26. The van der Waals surface area contributed by atoms with E-state index in [9.17, 15) is 5.11 Å². The van der Waals surface area contributed by atoms with Crippen molar-refractivity contribution in [1.82, 2.24) is 0 Å². The van der Waals surface area contributed by atoms with Crippen LogP contribution in [0.4, 0.5) is 5.69 Å². The fraction of sp³-hybridized carbons (Fsp3) is 0.333. The lowest BCUT2D eigenvalue weighted by atomic mass is 10.1. The highest BCUT2D eigenvalue weighted by atomic mass is 79.9. The Kier molecular flexibility index (Phi) is 4.36. The number of nitrogens with zero attached hydrogens (tertiary/aromatic N) is 1. The van der Waals surface area contributed by atoms with Gasteiger partial charge in [-0.1, -0.05) is 28.1 Å². The van der Waals surface area contributed by atoms with Crippen molar-refractivity contribution in [3.8, 4) is 0 Å². The van der Waals surface area contributed by atoms with Crippen molar-refractivity contribution in [3.05, 3.63) is 40.4 Å². The van der Waals surface area contributed by atoms with E-state index in [1.165, 1.54) is 0 Å². The molecule has 0 spiro atoms. The largest absolute Gasteiger partial charge is 0.392 e. The third kappa shape index (κ3) is 3.36. The Hall–Kier alpha value is -0.800. The number of hydrogen-bond donors (Lipinski definition) is 1. The summed E-state index contributed by atoms with van der Waals surface area (Å²) in [5.41, 5.74) is 3.07. The smallest absolute Gasteiger partial charge is 0.0702 e. The molecule has 0 aromatic heterocycles. The summed E-state index contributed by atoms with van der Waals surface area (Å²) in [7, 11) is 2.00. The minimum absolute atomic E-state index is 0.0509. The van der Waals surface area contributed by atoms with Gasteiger partial charge in [-0.15, -0.1) is 0 Å². The molecule has 3 heteroatoms. The molecule has 0 aliphatic carbocycles. The van der Waals surface area contributed by atoms with Crippen molar-refractivity contribution in [3.63, 3.8) is 0 Å². The lowest BCUT2D eigenvalue weighted by Crippen LogP contribution is -2.20. The first-order valence-corrected chi connectivity index (χ1v) is 5.58. The molecule has 0 aliphatic heterocycles. The van der Waals surface area contributed by atoms with E-state index in [4.69, 9.17) is 0 Å². The monoisotopic (exact) mass is 269 g/mol. The molecular weight excluding hydrogens is 254 g/mol. The van der Waals surface area contributed by atoms with E-state index < -0.39 is 0 Å². The highest BCUT2D eigenvalue weighted by Gasteiger charge is 2.07. The van der Waals surface area contributed by atoms with Crippen LogP contribution in [-0.2, 0) is 6.61 Å². The van der Waals surface area contributed by atoms with E-state index in [1.54, 1.807) is 0 Å². The second kappa shape index (κ2) is 5.33. The average Bonchev–Trinajstić information content (AvgIpc) is 2.16. The second-order valence-corrected chi connectivity index (χ2v) is 4.66. The van der Waals surface area contributed by atoms with Crippen LogP contribution in [0.2, 0.25) is 0 Å². The molecule has 0 atom stereocenters. The summed E-state index contributed by atoms with van der Waals surface area (Å²) in [5.74, 6) is 0. The van der Waals surface area contributed by atoms with Crippen molar-refractivity contribution >= 4 is 21.6 Å². The van der Waals surface area contributed by atoms with E-state index in [0.29, 0.717) is 0 Å². The van der Waals surface area contributed by atoms with E-state index in [0.717, 1.165) is 27.8 Å². The van der Waals surface area contributed by atoms with E-state index >= 15 is 0 Å². The molecule has 0 bridgehead atoms. The molecule has 0 saturated heterocycles. The number of halogens is 1. The van der Waals surface area contributed by atoms with Crippen molar-refractivity contribution in [2.75, 3.05) is 18.5 Å². The highest BCUT2D eigenvalue weighted by Crippen LogP contribution is 2.24. The molecule has 0 saturated carbocycles. The number of aliphatic hydroxyl groups is 1. The maximum absolute atomic E-state index is 9.26. The van der Waals surface area contributed by atoms with E-state index in [-0.39, 0.29) is 6.61 Å². The Bertz CT molecular complexity index is 363. The Morgan fingerprint density at radius 2 is 2.20 bits per heavy atom. The van der Waals surface area contributed by atoms with Crippen LogP contribution in [0.5, 0.6) is 0 Å². The zero-order valence-electron chi connectivity index (χ0n) is 9.13. The summed E-state index contributed by atoms with van der Waals surface area (Å²) in [4.78, 5) is 2.08. The fourth-order valence-electron chi connectivity index (χ4n) is 1.54. The molecule has 1 N–H and O–H groups in total. The van der Waals surface area contributed by atoms with Crippen LogP contribution in [0, 0.1) is 0 Å². The van der Waals surface area contributed by atoms with Gasteiger partial charge in [0, 0.05) is 29.3 Å². The molecule has 2 nitrogen and oxygen atoms in total. The third-order valence-corrected chi connectivity index (χ3v) is 2.62. The van der Waals surface area contributed by atoms with Gasteiger partial charge in [-0.25, -0.2) is 0 Å². The van der Waals surface area contributed by atoms with Gasteiger partial charge in [0.15, 0.2) is 0 Å². The zero-order chi connectivity index (χ0) is 11.4. The van der Waals surface area contributed by atoms with Crippen LogP contribution in [0.25, 0.3) is 0 Å². The van der Waals surface area contributed by atoms with E-state index in [2.05, 4.69) is 27.4 Å². The average molecular weight is 270 g/mol. The minimum atomic E-state index is 0.0509. The number of aliphatic hydroxyl groups excluding tert-OH is 1. The van der Waals surface area contributed by atoms with Crippen molar-refractivity contribution in [2.45, 2.75) is 13.5 Å². The number of rotatable bonds is 4. The first-order valence-electron chi connectivity index (χ1n) is 4.79. The number of likely N-dealkylation sites (N-methyl/N-ethyl adjacent to an activating group) is 1. The summed E-state index contributed by atoms with van der Waals surface area (Å²) in [6, 6.07) is 5.91. The van der Waals surface area contributed by atoms with Gasteiger partial charge in [-0.3, -0.25) is 0 Å². The van der Waals surface area contributed by atoms with Gasteiger partial charge in [0.25, 0.3) is 0 Å². The summed E-state index contributed by atoms with van der Waals surface area (Å²) in [6.07, 6.45) is 0. The Balaban J connectivity index is 2.97. The topological polar surface area (TPSA) is 23.5 Å². The molecule has 0 radical (unpaired) electrons. The number of anilines is 1. The van der Waals surface area contributed by atoms with Crippen LogP contribution in [0.1, 0.15) is 12.5 Å². The van der Waals surface area contributed by atoms with Gasteiger partial charge in [-0.2, -0.15) is 0 Å².